The second-order valence-corrected chi connectivity index (χ2v) is 5.46. The fourth-order valence-corrected chi connectivity index (χ4v) is 3.03. The highest BCUT2D eigenvalue weighted by molar-refractivity contribution is 14.1. The Kier molecular flexibility index (Phi) is 3.42. The van der Waals surface area contributed by atoms with Gasteiger partial charge in [-0.15, -0.1) is 0 Å². The molecule has 0 fully saturated rings. The molecule has 5 heteroatoms. The highest BCUT2D eigenvalue weighted by Crippen LogP contribution is 2.28. The van der Waals surface area contributed by atoms with Gasteiger partial charge in [0.2, 0.25) is 0 Å². The number of nitrogens with zero attached hydrogens (tertiary/aromatic N) is 2. The van der Waals surface area contributed by atoms with Crippen molar-refractivity contribution in [3.63, 3.8) is 0 Å². The summed E-state index contributed by atoms with van der Waals surface area (Å²) < 4.78 is 7.29. The number of methoxy groups -OCH3 is 1. The van der Waals surface area contributed by atoms with Crippen molar-refractivity contribution >= 4 is 28.6 Å². The summed E-state index contributed by atoms with van der Waals surface area (Å²) in [6.07, 6.45) is 0. The summed E-state index contributed by atoms with van der Waals surface area (Å²) in [6.45, 7) is 6.27. The van der Waals surface area contributed by atoms with Gasteiger partial charge in [0.05, 0.1) is 16.4 Å². The first-order valence-electron chi connectivity index (χ1n) is 4.60. The Morgan fingerprint density at radius 2 is 2.00 bits per heavy atom. The zero-order chi connectivity index (χ0) is 11.8. The molecule has 0 amide bonds. The standard InChI is InChI=1S/C10H15IN2O2/c1-10(2,3)8-6(11)7(9(14)15-5)12-13(8)4/h1-5H3. The molecule has 1 aromatic heterocycles. The lowest BCUT2D eigenvalue weighted by Gasteiger charge is -2.19. The van der Waals surface area contributed by atoms with Gasteiger partial charge in [-0.2, -0.15) is 5.10 Å². The van der Waals surface area contributed by atoms with Crippen molar-refractivity contribution in [1.82, 2.24) is 9.78 Å². The van der Waals surface area contributed by atoms with Gasteiger partial charge in [-0.1, -0.05) is 20.8 Å². The van der Waals surface area contributed by atoms with Crippen molar-refractivity contribution in [1.29, 1.82) is 0 Å². The monoisotopic (exact) mass is 322 g/mol. The van der Waals surface area contributed by atoms with Gasteiger partial charge in [-0.3, -0.25) is 4.68 Å². The van der Waals surface area contributed by atoms with Crippen molar-refractivity contribution < 1.29 is 9.53 Å². The molecule has 1 rings (SSSR count). The summed E-state index contributed by atoms with van der Waals surface area (Å²) in [7, 11) is 3.21. The van der Waals surface area contributed by atoms with E-state index >= 15 is 0 Å². The first-order valence-corrected chi connectivity index (χ1v) is 5.68. The molecule has 0 saturated carbocycles. The molecular formula is C10H15IN2O2. The Bertz CT molecular complexity index is 391. The van der Waals surface area contributed by atoms with E-state index < -0.39 is 0 Å². The molecule has 0 bridgehead atoms. The van der Waals surface area contributed by atoms with E-state index in [9.17, 15) is 4.79 Å². The van der Waals surface area contributed by atoms with Crippen LogP contribution < -0.4 is 0 Å². The average molecular weight is 322 g/mol. The summed E-state index contributed by atoms with van der Waals surface area (Å²) in [5.41, 5.74) is 1.40. The summed E-state index contributed by atoms with van der Waals surface area (Å²) in [6, 6.07) is 0. The summed E-state index contributed by atoms with van der Waals surface area (Å²) >= 11 is 2.14. The van der Waals surface area contributed by atoms with Crippen LogP contribution in [0.3, 0.4) is 0 Å². The van der Waals surface area contributed by atoms with Crippen molar-refractivity contribution in [3.05, 3.63) is 15.0 Å². The summed E-state index contributed by atoms with van der Waals surface area (Å²) in [4.78, 5) is 11.4. The van der Waals surface area contributed by atoms with Crippen molar-refractivity contribution in [2.24, 2.45) is 7.05 Å². The molecule has 0 spiro atoms. The van der Waals surface area contributed by atoms with Crippen LogP contribution in [0.15, 0.2) is 0 Å². The molecule has 0 aliphatic carbocycles. The zero-order valence-electron chi connectivity index (χ0n) is 9.59. The van der Waals surface area contributed by atoms with Crippen molar-refractivity contribution in [2.45, 2.75) is 26.2 Å². The van der Waals surface area contributed by atoms with Crippen LogP contribution in [0.5, 0.6) is 0 Å². The lowest BCUT2D eigenvalue weighted by atomic mass is 9.92. The molecule has 1 heterocycles. The molecule has 1 aromatic rings. The Morgan fingerprint density at radius 3 is 2.33 bits per heavy atom. The van der Waals surface area contributed by atoms with Gasteiger partial charge in [0.1, 0.15) is 0 Å². The number of carbonyl (C=O) groups excluding carboxylic acids is 1. The quantitative estimate of drug-likeness (QED) is 0.588. The topological polar surface area (TPSA) is 44.1 Å². The number of rotatable bonds is 1. The third-order valence-electron chi connectivity index (χ3n) is 2.08. The van der Waals surface area contributed by atoms with Gasteiger partial charge < -0.3 is 4.74 Å². The molecule has 4 nitrogen and oxygen atoms in total. The third kappa shape index (κ3) is 2.32. The van der Waals surface area contributed by atoms with Crippen LogP contribution in [0.1, 0.15) is 37.0 Å². The molecular weight excluding hydrogens is 307 g/mol. The van der Waals surface area contributed by atoms with Crippen LogP contribution in [0, 0.1) is 3.57 Å². The maximum atomic E-state index is 11.4. The summed E-state index contributed by atoms with van der Waals surface area (Å²) in [5, 5.41) is 4.18. The Labute approximate surface area is 103 Å². The maximum absolute atomic E-state index is 11.4. The molecule has 0 N–H and O–H groups in total. The summed E-state index contributed by atoms with van der Waals surface area (Å²) in [5.74, 6) is -0.384. The van der Waals surface area contributed by atoms with E-state index in [4.69, 9.17) is 0 Å². The Hall–Kier alpha value is -0.590. The van der Waals surface area contributed by atoms with E-state index in [2.05, 4.69) is 53.2 Å². The van der Waals surface area contributed by atoms with E-state index in [1.54, 1.807) is 4.68 Å². The van der Waals surface area contributed by atoms with Gasteiger partial charge in [0.15, 0.2) is 5.69 Å². The number of aryl methyl sites for hydroxylation is 1. The highest BCUT2D eigenvalue weighted by Gasteiger charge is 2.27. The van der Waals surface area contributed by atoms with Crippen LogP contribution in [-0.2, 0) is 17.2 Å². The fourth-order valence-electron chi connectivity index (χ4n) is 1.54. The van der Waals surface area contributed by atoms with Crippen LogP contribution in [0.4, 0.5) is 0 Å². The van der Waals surface area contributed by atoms with Gasteiger partial charge in [-0.05, 0) is 22.6 Å². The lowest BCUT2D eigenvalue weighted by molar-refractivity contribution is 0.0592. The number of halogens is 1. The first kappa shape index (κ1) is 12.5. The molecule has 0 atom stereocenters. The molecule has 84 valence electrons. The fraction of sp³-hybridized carbons (Fsp3) is 0.600. The van der Waals surface area contributed by atoms with E-state index in [0.29, 0.717) is 5.69 Å². The van der Waals surface area contributed by atoms with Crippen LogP contribution >= 0.6 is 22.6 Å². The largest absolute Gasteiger partial charge is 0.464 e. The molecule has 0 radical (unpaired) electrons. The Balaban J connectivity index is 3.33. The van der Waals surface area contributed by atoms with Crippen LogP contribution in [0.2, 0.25) is 0 Å². The minimum absolute atomic E-state index is 0.0372. The van der Waals surface area contributed by atoms with Crippen molar-refractivity contribution in [3.8, 4) is 0 Å². The smallest absolute Gasteiger partial charge is 0.359 e. The Morgan fingerprint density at radius 1 is 1.47 bits per heavy atom. The molecule has 0 aromatic carbocycles. The van der Waals surface area contributed by atoms with Gasteiger partial charge in [0.25, 0.3) is 0 Å². The predicted molar refractivity (Wildman–Crippen MR) is 66.0 cm³/mol. The van der Waals surface area contributed by atoms with E-state index in [-0.39, 0.29) is 11.4 Å². The first-order chi connectivity index (χ1) is 6.79. The number of esters is 1. The zero-order valence-corrected chi connectivity index (χ0v) is 11.7. The molecule has 0 aliphatic rings. The number of hydrogen-bond donors (Lipinski definition) is 0. The van der Waals surface area contributed by atoms with Crippen molar-refractivity contribution in [2.75, 3.05) is 7.11 Å². The third-order valence-corrected chi connectivity index (χ3v) is 3.10. The predicted octanol–water partition coefficient (Wildman–Crippen LogP) is 2.11. The second kappa shape index (κ2) is 4.11. The highest BCUT2D eigenvalue weighted by atomic mass is 127. The minimum atomic E-state index is -0.384. The molecule has 0 aliphatic heterocycles. The van der Waals surface area contributed by atoms with Gasteiger partial charge in [-0.25, -0.2) is 4.79 Å². The molecule has 15 heavy (non-hydrogen) atoms. The lowest BCUT2D eigenvalue weighted by Crippen LogP contribution is -2.17. The number of carbonyl (C=O) groups is 1. The number of aromatic nitrogens is 2. The van der Waals surface area contributed by atoms with Crippen LogP contribution in [-0.4, -0.2) is 22.9 Å². The SMILES string of the molecule is COC(=O)c1nn(C)c(C(C)(C)C)c1I. The maximum Gasteiger partial charge on any atom is 0.359 e. The van der Waals surface area contributed by atoms with E-state index in [0.717, 1.165) is 9.26 Å². The van der Waals surface area contributed by atoms with Crippen LogP contribution in [0.25, 0.3) is 0 Å². The minimum Gasteiger partial charge on any atom is -0.464 e. The van der Waals surface area contributed by atoms with E-state index in [1.807, 2.05) is 7.05 Å². The number of ether oxygens (including phenoxy) is 1. The molecule has 0 saturated heterocycles. The number of hydrogen-bond acceptors (Lipinski definition) is 3. The normalized spacial score (nSPS) is 11.6. The van der Waals surface area contributed by atoms with E-state index in [1.165, 1.54) is 7.11 Å². The van der Waals surface area contributed by atoms with Gasteiger partial charge in [0, 0.05) is 12.5 Å². The average Bonchev–Trinajstić information content (AvgIpc) is 2.39. The second-order valence-electron chi connectivity index (χ2n) is 4.38. The van der Waals surface area contributed by atoms with Gasteiger partial charge >= 0.3 is 5.97 Å². The molecule has 0 unspecified atom stereocenters.